The van der Waals surface area contributed by atoms with Gasteiger partial charge < -0.3 is 15.6 Å². The summed E-state index contributed by atoms with van der Waals surface area (Å²) in [6.07, 6.45) is 2.30. The third-order valence-corrected chi connectivity index (χ3v) is 5.99. The Balaban J connectivity index is 1.56. The van der Waals surface area contributed by atoms with Crippen molar-refractivity contribution < 1.29 is 9.59 Å². The molecule has 0 aliphatic heterocycles. The molecule has 5 nitrogen and oxygen atoms in total. The van der Waals surface area contributed by atoms with Crippen LogP contribution < -0.4 is 10.6 Å². The quantitative estimate of drug-likeness (QED) is 0.416. The summed E-state index contributed by atoms with van der Waals surface area (Å²) in [5.41, 5.74) is 3.01. The van der Waals surface area contributed by atoms with Gasteiger partial charge in [0.15, 0.2) is 0 Å². The van der Waals surface area contributed by atoms with Gasteiger partial charge in [0, 0.05) is 23.5 Å². The van der Waals surface area contributed by atoms with Crippen LogP contribution in [0.2, 0.25) is 0 Å². The van der Waals surface area contributed by atoms with Crippen molar-refractivity contribution in [2.75, 3.05) is 0 Å². The number of H-pyrrole nitrogens is 1. The van der Waals surface area contributed by atoms with Crippen molar-refractivity contribution in [2.45, 2.75) is 25.4 Å². The molecule has 0 saturated heterocycles. The number of amides is 2. The Morgan fingerprint density at radius 2 is 1.73 bits per heavy atom. The highest BCUT2D eigenvalue weighted by Gasteiger charge is 2.25. The maximum Gasteiger partial charge on any atom is 0.262 e. The summed E-state index contributed by atoms with van der Waals surface area (Å²) in [5.74, 6) is -0.445. The summed E-state index contributed by atoms with van der Waals surface area (Å²) in [7, 11) is 0. The number of benzene rings is 2. The summed E-state index contributed by atoms with van der Waals surface area (Å²) >= 11 is 1.36. The second-order valence-electron chi connectivity index (χ2n) is 7.21. The molecular formula is C24H23N3O2S. The van der Waals surface area contributed by atoms with E-state index >= 15 is 0 Å². The lowest BCUT2D eigenvalue weighted by molar-refractivity contribution is -0.123. The highest BCUT2D eigenvalue weighted by molar-refractivity contribution is 7.12. The van der Waals surface area contributed by atoms with E-state index in [9.17, 15) is 9.59 Å². The highest BCUT2D eigenvalue weighted by Crippen LogP contribution is 2.20. The van der Waals surface area contributed by atoms with Gasteiger partial charge in [0.05, 0.1) is 10.9 Å². The van der Waals surface area contributed by atoms with Gasteiger partial charge >= 0.3 is 0 Å². The molecule has 6 heteroatoms. The largest absolute Gasteiger partial charge is 0.361 e. The number of hydrogen-bond acceptors (Lipinski definition) is 3. The van der Waals surface area contributed by atoms with E-state index in [0.717, 1.165) is 22.0 Å². The fourth-order valence-corrected chi connectivity index (χ4v) is 4.13. The van der Waals surface area contributed by atoms with Crippen LogP contribution >= 0.6 is 11.3 Å². The van der Waals surface area contributed by atoms with Crippen molar-refractivity contribution in [3.8, 4) is 0 Å². The number of nitrogens with one attached hydrogen (secondary N) is 3. The van der Waals surface area contributed by atoms with Gasteiger partial charge in [-0.15, -0.1) is 11.3 Å². The number of fused-ring (bicyclic) bond motifs is 1. The fraction of sp³-hybridized carbons (Fsp3) is 0.167. The monoisotopic (exact) mass is 417 g/mol. The number of hydrogen-bond donors (Lipinski definition) is 3. The molecule has 1 unspecified atom stereocenters. The second kappa shape index (κ2) is 8.97. The molecule has 4 rings (SSSR count). The van der Waals surface area contributed by atoms with E-state index in [-0.39, 0.29) is 17.9 Å². The number of carbonyl (C=O) groups is 2. The predicted octanol–water partition coefficient (Wildman–Crippen LogP) is 4.45. The van der Waals surface area contributed by atoms with Gasteiger partial charge in [-0.05, 0) is 35.6 Å². The first-order valence-corrected chi connectivity index (χ1v) is 10.7. The zero-order valence-electron chi connectivity index (χ0n) is 16.6. The van der Waals surface area contributed by atoms with Crippen LogP contribution in [-0.2, 0) is 11.2 Å². The fourth-order valence-electron chi connectivity index (χ4n) is 3.51. The van der Waals surface area contributed by atoms with Gasteiger partial charge in [0.1, 0.15) is 6.04 Å². The smallest absolute Gasteiger partial charge is 0.262 e. The van der Waals surface area contributed by atoms with Crippen LogP contribution in [0.4, 0.5) is 0 Å². The number of rotatable bonds is 7. The molecule has 2 aromatic carbocycles. The topological polar surface area (TPSA) is 74.0 Å². The number of carbonyl (C=O) groups excluding carboxylic acids is 2. The maximum atomic E-state index is 13.2. The minimum atomic E-state index is -0.690. The molecule has 0 spiro atoms. The number of aromatic amines is 1. The second-order valence-corrected chi connectivity index (χ2v) is 8.16. The molecule has 30 heavy (non-hydrogen) atoms. The van der Waals surface area contributed by atoms with Crippen molar-refractivity contribution in [3.05, 3.63) is 94.3 Å². The van der Waals surface area contributed by atoms with Crippen molar-refractivity contribution >= 4 is 34.1 Å². The zero-order chi connectivity index (χ0) is 20.9. The molecule has 0 aliphatic rings. The van der Waals surface area contributed by atoms with Gasteiger partial charge in [-0.1, -0.05) is 54.6 Å². The highest BCUT2D eigenvalue weighted by atomic mass is 32.1. The van der Waals surface area contributed by atoms with Crippen LogP contribution in [0.25, 0.3) is 10.9 Å². The molecule has 2 aromatic heterocycles. The molecule has 0 radical (unpaired) electrons. The summed E-state index contributed by atoms with van der Waals surface area (Å²) in [6.45, 7) is 1.94. The third kappa shape index (κ3) is 4.44. The molecule has 2 amide bonds. The van der Waals surface area contributed by atoms with Gasteiger partial charge in [-0.3, -0.25) is 9.59 Å². The van der Waals surface area contributed by atoms with E-state index in [0.29, 0.717) is 11.3 Å². The minimum absolute atomic E-state index is 0.164. The first-order valence-electron chi connectivity index (χ1n) is 9.86. The Hall–Kier alpha value is -3.38. The van der Waals surface area contributed by atoms with Crippen molar-refractivity contribution in [1.82, 2.24) is 15.6 Å². The zero-order valence-corrected chi connectivity index (χ0v) is 17.4. The van der Waals surface area contributed by atoms with Crippen molar-refractivity contribution in [3.63, 3.8) is 0 Å². The van der Waals surface area contributed by atoms with Gasteiger partial charge in [-0.2, -0.15) is 0 Å². The molecule has 4 aromatic rings. The van der Waals surface area contributed by atoms with E-state index in [1.54, 1.807) is 6.07 Å². The third-order valence-electron chi connectivity index (χ3n) is 5.12. The molecule has 0 fully saturated rings. The van der Waals surface area contributed by atoms with Crippen molar-refractivity contribution in [1.29, 1.82) is 0 Å². The summed E-state index contributed by atoms with van der Waals surface area (Å²) in [4.78, 5) is 29.7. The molecule has 3 N–H and O–H groups in total. The SMILES string of the molecule is CC(NC(=O)[C@H](Cc1c[nH]c2ccccc12)NC(=O)c1cccs1)c1ccccc1. The van der Waals surface area contributed by atoms with Gasteiger partial charge in [0.25, 0.3) is 5.91 Å². The normalized spacial score (nSPS) is 13.0. The Labute approximate surface area is 179 Å². The van der Waals surface area contributed by atoms with Crippen LogP contribution in [0.15, 0.2) is 78.3 Å². The lowest BCUT2D eigenvalue weighted by atomic mass is 10.0. The molecule has 2 heterocycles. The molecule has 2 atom stereocenters. The maximum absolute atomic E-state index is 13.2. The molecule has 0 aliphatic carbocycles. The summed E-state index contributed by atoms with van der Waals surface area (Å²) in [5, 5.41) is 8.87. The Bertz CT molecular complexity index is 1140. The first kappa shape index (κ1) is 19.9. The number of para-hydroxylation sites is 1. The van der Waals surface area contributed by atoms with E-state index in [1.807, 2.05) is 79.2 Å². The number of aromatic nitrogens is 1. The molecule has 0 saturated carbocycles. The van der Waals surface area contributed by atoms with E-state index in [1.165, 1.54) is 11.3 Å². The van der Waals surface area contributed by atoms with E-state index in [2.05, 4.69) is 15.6 Å². The molecular weight excluding hydrogens is 394 g/mol. The Kier molecular flexibility index (Phi) is 5.95. The van der Waals surface area contributed by atoms with Crippen LogP contribution in [0.5, 0.6) is 0 Å². The van der Waals surface area contributed by atoms with E-state index < -0.39 is 6.04 Å². The lowest BCUT2D eigenvalue weighted by Crippen LogP contribution is -2.48. The first-order chi connectivity index (χ1) is 14.6. The van der Waals surface area contributed by atoms with Crippen LogP contribution in [0, 0.1) is 0 Å². The minimum Gasteiger partial charge on any atom is -0.361 e. The average Bonchev–Trinajstić information content (AvgIpc) is 3.44. The molecule has 152 valence electrons. The molecule has 0 bridgehead atoms. The van der Waals surface area contributed by atoms with Gasteiger partial charge in [0.2, 0.25) is 5.91 Å². The summed E-state index contributed by atoms with van der Waals surface area (Å²) in [6, 6.07) is 20.5. The Morgan fingerprint density at radius 3 is 2.50 bits per heavy atom. The van der Waals surface area contributed by atoms with Crippen LogP contribution in [0.1, 0.15) is 33.8 Å². The summed E-state index contributed by atoms with van der Waals surface area (Å²) < 4.78 is 0. The lowest BCUT2D eigenvalue weighted by Gasteiger charge is -2.21. The van der Waals surface area contributed by atoms with Gasteiger partial charge in [-0.25, -0.2) is 0 Å². The Morgan fingerprint density at radius 1 is 0.967 bits per heavy atom. The number of thiophene rings is 1. The van der Waals surface area contributed by atoms with Crippen LogP contribution in [-0.4, -0.2) is 22.8 Å². The van der Waals surface area contributed by atoms with Crippen molar-refractivity contribution in [2.24, 2.45) is 0 Å². The predicted molar refractivity (Wildman–Crippen MR) is 121 cm³/mol. The van der Waals surface area contributed by atoms with E-state index in [4.69, 9.17) is 0 Å². The standard InChI is InChI=1S/C24H23N3O2S/c1-16(17-8-3-2-4-9-17)26-23(28)21(27-24(29)22-12-7-13-30-22)14-18-15-25-20-11-6-5-10-19(18)20/h2-13,15-16,21,25H,14H2,1H3,(H,26,28)(H,27,29)/t16?,21-/m0/s1. The van der Waals surface area contributed by atoms with Crippen LogP contribution in [0.3, 0.4) is 0 Å². The average molecular weight is 418 g/mol.